The number of phenolic OH excluding ortho intramolecular Hbond substituents is 2. The van der Waals surface area contributed by atoms with Gasteiger partial charge in [-0.25, -0.2) is 14.8 Å². The monoisotopic (exact) mass is 898 g/mol. The van der Waals surface area contributed by atoms with Crippen molar-refractivity contribution >= 4 is 35.3 Å². The van der Waals surface area contributed by atoms with Crippen molar-refractivity contribution in [1.82, 2.24) is 0 Å². The molecule has 1 fully saturated rings. The van der Waals surface area contributed by atoms with Crippen LogP contribution in [0.5, 0.6) is 34.5 Å². The third kappa shape index (κ3) is 8.17. The van der Waals surface area contributed by atoms with Crippen molar-refractivity contribution in [2.75, 3.05) is 13.2 Å². The average Bonchev–Trinajstić information content (AvgIpc) is 3.98. The summed E-state index contributed by atoms with van der Waals surface area (Å²) < 4.78 is 30.7. The minimum Gasteiger partial charge on any atom is -0.508 e. The molecule has 9 rings (SSSR count). The lowest BCUT2D eigenvalue weighted by atomic mass is 9.60. The van der Waals surface area contributed by atoms with Crippen molar-refractivity contribution in [1.29, 1.82) is 5.41 Å². The molecule has 5 aliphatic rings. The van der Waals surface area contributed by atoms with Gasteiger partial charge < -0.3 is 59.4 Å². The number of benzene rings is 4. The predicted octanol–water partition coefficient (Wildman–Crippen LogP) is 5.32. The Balaban J connectivity index is 1.08. The molecule has 17 nitrogen and oxygen atoms in total. The van der Waals surface area contributed by atoms with Gasteiger partial charge in [0, 0.05) is 24.3 Å². The van der Waals surface area contributed by atoms with E-state index in [1.807, 2.05) is 25.1 Å². The Bertz CT molecular complexity index is 2770. The molecule has 4 aromatic rings. The van der Waals surface area contributed by atoms with Crippen LogP contribution in [0.2, 0.25) is 0 Å². The number of aliphatic hydroxyl groups is 4. The van der Waals surface area contributed by atoms with E-state index in [-0.39, 0.29) is 59.7 Å². The maximum atomic E-state index is 13.1. The number of phenols is 2. The molecule has 1 saturated heterocycles. The molecule has 0 saturated carbocycles. The second kappa shape index (κ2) is 17.6. The molecule has 340 valence electrons. The van der Waals surface area contributed by atoms with Gasteiger partial charge in [0.25, 0.3) is 0 Å². The number of aromatic hydroxyl groups is 2. The Hall–Kier alpha value is -7.31. The highest BCUT2D eigenvalue weighted by Crippen LogP contribution is 2.54. The fourth-order valence-electron chi connectivity index (χ4n) is 9.02. The van der Waals surface area contributed by atoms with E-state index in [0.29, 0.717) is 41.9 Å². The smallest absolute Gasteiger partial charge is 0.336 e. The minimum atomic E-state index is -2.70. The third-order valence-electron chi connectivity index (χ3n) is 12.1. The number of carboxylic acids is 1. The number of nitrogens with one attached hydrogen (secondary N) is 1. The number of allylic oxidation sites excluding steroid dienone is 1. The highest BCUT2D eigenvalue weighted by Gasteiger charge is 2.71. The number of aryl methyl sites for hydroxylation is 1. The lowest BCUT2D eigenvalue weighted by Crippen LogP contribution is -2.79. The summed E-state index contributed by atoms with van der Waals surface area (Å²) in [5.41, 5.74) is -1.62. The standard InChI is InChI=1S/C49H46N4O13/c1-2-26-16-28(19-32(54)18-26)24-63-43-38(21-37-40(42(43)56)35(55)20-36(64-37)29-8-11-33(12-9-29)62-15-14-31-10-13-39(50)53-31)65-47-48(60)22-30(17-27-6-4-3-5-7-27)41(34-23-51-25-52-34)49(61,46(48)59)44(66-47)45(57)58/h3-13,16,18-22,25,36,41,44,46-47,50,54-56,59-61H,2,14-15,17,23-24H2,1H3,(H,57,58). The van der Waals surface area contributed by atoms with Gasteiger partial charge in [-0.2, -0.15) is 0 Å². The normalized spacial score (nSPS) is 26.1. The topological polar surface area (TPSA) is 266 Å². The Kier molecular flexibility index (Phi) is 11.7. The maximum Gasteiger partial charge on any atom is 0.336 e. The lowest BCUT2D eigenvalue weighted by Gasteiger charge is -2.57. The number of aliphatic hydroxyl groups excluding tert-OH is 2. The van der Waals surface area contributed by atoms with Crippen molar-refractivity contribution in [2.45, 2.75) is 68.6 Å². The van der Waals surface area contributed by atoms with Gasteiger partial charge in [-0.1, -0.05) is 61.0 Å². The van der Waals surface area contributed by atoms with E-state index < -0.39 is 59.2 Å². The van der Waals surface area contributed by atoms with Gasteiger partial charge in [-0.05, 0) is 77.6 Å². The lowest BCUT2D eigenvalue weighted by molar-refractivity contribution is -0.338. The zero-order valence-electron chi connectivity index (χ0n) is 35.4. The maximum absolute atomic E-state index is 13.1. The van der Waals surface area contributed by atoms with E-state index in [1.54, 1.807) is 60.7 Å². The summed E-state index contributed by atoms with van der Waals surface area (Å²) in [4.78, 5) is 25.7. The second-order valence-electron chi connectivity index (χ2n) is 16.5. The van der Waals surface area contributed by atoms with Crippen molar-refractivity contribution in [3.05, 3.63) is 137 Å². The van der Waals surface area contributed by atoms with Crippen LogP contribution in [0.3, 0.4) is 0 Å². The van der Waals surface area contributed by atoms with Crippen LogP contribution >= 0.6 is 0 Å². The number of hydrogen-bond acceptors (Lipinski definition) is 15. The van der Waals surface area contributed by atoms with Crippen LogP contribution in [-0.2, 0) is 29.0 Å². The molecule has 0 amide bonds. The van der Waals surface area contributed by atoms with E-state index in [2.05, 4.69) is 15.0 Å². The first-order valence-corrected chi connectivity index (χ1v) is 21.2. The fraction of sp³-hybridized carbons (Fsp3) is 0.286. The van der Waals surface area contributed by atoms with E-state index in [0.717, 1.165) is 16.8 Å². The summed E-state index contributed by atoms with van der Waals surface area (Å²) in [6.07, 6.45) is 1.01. The molecule has 2 bridgehead atoms. The van der Waals surface area contributed by atoms with Crippen LogP contribution in [0.25, 0.3) is 5.76 Å². The van der Waals surface area contributed by atoms with Crippen molar-refractivity contribution in [3.63, 3.8) is 0 Å². The molecular weight excluding hydrogens is 853 g/mol. The number of carbonyl (C=O) groups is 1. The molecule has 4 heterocycles. The number of carboxylic acid groups (broad SMARTS) is 1. The Morgan fingerprint density at radius 3 is 2.42 bits per heavy atom. The molecule has 4 aromatic carbocycles. The Labute approximate surface area is 377 Å². The number of aliphatic carboxylic acids is 1. The minimum absolute atomic E-state index is 0.00712. The highest BCUT2D eigenvalue weighted by molar-refractivity contribution is 6.14. The van der Waals surface area contributed by atoms with Crippen molar-refractivity contribution in [3.8, 4) is 34.5 Å². The zero-order valence-corrected chi connectivity index (χ0v) is 35.4. The second-order valence-corrected chi connectivity index (χ2v) is 16.5. The molecule has 7 unspecified atom stereocenters. The predicted molar refractivity (Wildman–Crippen MR) is 240 cm³/mol. The third-order valence-corrected chi connectivity index (χ3v) is 12.1. The van der Waals surface area contributed by atoms with Crippen LogP contribution in [0.1, 0.15) is 47.3 Å². The SMILES string of the molecule is CCc1cc(O)cc(COc2c(OC3OC(C(=O)O)C4(O)C(C5=NC=NC5)C(Cc5ccccc5)=CC3(O)C4O)cc3c(c2O)C(O)=CC(c2ccc(OCCC4=NC(=N)C=C4)cc2)O3)c1. The number of amidine groups is 1. The van der Waals surface area contributed by atoms with Crippen LogP contribution in [0.15, 0.2) is 124 Å². The van der Waals surface area contributed by atoms with Gasteiger partial charge in [0.15, 0.2) is 23.2 Å². The van der Waals surface area contributed by atoms with Crippen LogP contribution < -0.4 is 18.9 Å². The van der Waals surface area contributed by atoms with Crippen LogP contribution in [-0.4, -0.2) is 108 Å². The number of ether oxygens (including phenoxy) is 5. The number of aliphatic imine (C=N–C) groups is 3. The van der Waals surface area contributed by atoms with Crippen molar-refractivity contribution < 1.29 is 64.2 Å². The van der Waals surface area contributed by atoms with E-state index in [4.69, 9.17) is 29.1 Å². The molecule has 0 spiro atoms. The molecule has 1 aliphatic carbocycles. The van der Waals surface area contributed by atoms with Gasteiger partial charge in [-0.15, -0.1) is 0 Å². The highest BCUT2D eigenvalue weighted by atomic mass is 16.7. The molecule has 0 radical (unpaired) electrons. The van der Waals surface area contributed by atoms with Gasteiger partial charge in [0.1, 0.15) is 65.2 Å². The summed E-state index contributed by atoms with van der Waals surface area (Å²) in [7, 11) is 0. The van der Waals surface area contributed by atoms with E-state index in [9.17, 15) is 40.5 Å². The molecule has 0 aromatic heterocycles. The van der Waals surface area contributed by atoms with Gasteiger partial charge in [0.05, 0.1) is 24.8 Å². The van der Waals surface area contributed by atoms with Gasteiger partial charge in [-0.3, -0.25) is 10.4 Å². The van der Waals surface area contributed by atoms with E-state index in [1.165, 1.54) is 30.6 Å². The largest absolute Gasteiger partial charge is 0.508 e. The molecule has 17 heteroatoms. The quantitative estimate of drug-likeness (QED) is 0.0703. The molecule has 8 N–H and O–H groups in total. The molecule has 4 aliphatic heterocycles. The summed E-state index contributed by atoms with van der Waals surface area (Å²) in [5.74, 6) is -4.17. The molecular formula is C49H46N4O13. The first-order chi connectivity index (χ1) is 31.7. The van der Waals surface area contributed by atoms with Crippen LogP contribution in [0, 0.1) is 11.3 Å². The van der Waals surface area contributed by atoms with Gasteiger partial charge >= 0.3 is 5.97 Å². The number of fused-ring (bicyclic) bond motifs is 3. The summed E-state index contributed by atoms with van der Waals surface area (Å²) >= 11 is 0. The Morgan fingerprint density at radius 2 is 1.73 bits per heavy atom. The number of nitrogens with zero attached hydrogens (tertiary/aromatic N) is 3. The molecule has 66 heavy (non-hydrogen) atoms. The van der Waals surface area contributed by atoms with Crippen molar-refractivity contribution in [2.24, 2.45) is 20.9 Å². The van der Waals surface area contributed by atoms with E-state index >= 15 is 0 Å². The fourth-order valence-corrected chi connectivity index (χ4v) is 9.02. The van der Waals surface area contributed by atoms with Gasteiger partial charge in [0.2, 0.25) is 12.0 Å². The summed E-state index contributed by atoms with van der Waals surface area (Å²) in [5, 5.41) is 89.4. The molecule has 7 atom stereocenters. The van der Waals surface area contributed by atoms with Crippen LogP contribution in [0.4, 0.5) is 0 Å². The zero-order chi connectivity index (χ0) is 46.3. The summed E-state index contributed by atoms with van der Waals surface area (Å²) in [6, 6.07) is 22.0. The Morgan fingerprint density at radius 1 is 0.955 bits per heavy atom. The summed E-state index contributed by atoms with van der Waals surface area (Å²) in [6.45, 7) is 1.96. The number of hydrogen-bond donors (Lipinski definition) is 8. The average molecular weight is 899 g/mol. The number of rotatable bonds is 15. The first-order valence-electron chi connectivity index (χ1n) is 21.2. The first kappa shape index (κ1) is 43.9.